The molecule has 21 heavy (non-hydrogen) atoms. The summed E-state index contributed by atoms with van der Waals surface area (Å²) >= 11 is 4.89. The van der Waals surface area contributed by atoms with Crippen molar-refractivity contribution in [2.75, 3.05) is 13.2 Å². The van der Waals surface area contributed by atoms with Crippen LogP contribution in [0, 0.1) is 6.92 Å². The van der Waals surface area contributed by atoms with Crippen molar-refractivity contribution < 1.29 is 9.53 Å². The van der Waals surface area contributed by atoms with Crippen LogP contribution in [0.3, 0.4) is 0 Å². The predicted octanol–water partition coefficient (Wildman–Crippen LogP) is 2.68. The van der Waals surface area contributed by atoms with Gasteiger partial charge in [-0.25, -0.2) is 0 Å². The molecule has 0 heterocycles. The fourth-order valence-corrected chi connectivity index (χ4v) is 2.00. The lowest BCUT2D eigenvalue weighted by Crippen LogP contribution is -2.42. The van der Waals surface area contributed by atoms with Gasteiger partial charge in [0.05, 0.1) is 4.99 Å². The topological polar surface area (TPSA) is 55.6 Å². The lowest BCUT2D eigenvalue weighted by Gasteiger charge is -2.28. The summed E-state index contributed by atoms with van der Waals surface area (Å²) in [5.74, 6) is 0.661. The molecule has 0 aromatic heterocycles. The zero-order valence-corrected chi connectivity index (χ0v) is 13.8. The van der Waals surface area contributed by atoms with Gasteiger partial charge in [0, 0.05) is 19.0 Å². The Morgan fingerprint density at radius 2 is 2.00 bits per heavy atom. The smallest absolute Gasteiger partial charge is 0.260 e. The highest BCUT2D eigenvalue weighted by Gasteiger charge is 2.19. The minimum absolute atomic E-state index is 0.0325. The van der Waals surface area contributed by atoms with Crippen LogP contribution in [0.15, 0.2) is 24.3 Å². The van der Waals surface area contributed by atoms with Gasteiger partial charge in [0.25, 0.3) is 5.91 Å². The second kappa shape index (κ2) is 8.62. The lowest BCUT2D eigenvalue weighted by molar-refractivity contribution is -0.135. The van der Waals surface area contributed by atoms with Crippen molar-refractivity contribution in [1.29, 1.82) is 0 Å². The van der Waals surface area contributed by atoms with Crippen LogP contribution in [-0.2, 0) is 4.79 Å². The monoisotopic (exact) mass is 308 g/mol. The number of hydrogen-bond donors (Lipinski definition) is 1. The Morgan fingerprint density at radius 3 is 2.52 bits per heavy atom. The molecule has 1 unspecified atom stereocenters. The van der Waals surface area contributed by atoms with Crippen LogP contribution in [0.5, 0.6) is 5.75 Å². The zero-order chi connectivity index (χ0) is 15.8. The number of carbonyl (C=O) groups is 1. The molecule has 0 fully saturated rings. The van der Waals surface area contributed by atoms with Crippen molar-refractivity contribution in [3.8, 4) is 5.75 Å². The second-order valence-electron chi connectivity index (χ2n) is 5.16. The molecule has 1 amide bonds. The fraction of sp³-hybridized carbons (Fsp3) is 0.500. The number of nitrogens with zero attached hydrogens (tertiary/aromatic N) is 1. The van der Waals surface area contributed by atoms with Crippen LogP contribution >= 0.6 is 12.2 Å². The Hall–Kier alpha value is -1.62. The molecule has 0 radical (unpaired) electrons. The number of ether oxygens (including phenoxy) is 1. The number of benzene rings is 1. The Morgan fingerprint density at radius 1 is 1.38 bits per heavy atom. The molecule has 1 aromatic rings. The van der Waals surface area contributed by atoms with Crippen molar-refractivity contribution in [3.05, 3.63) is 29.8 Å². The molecular weight excluding hydrogens is 284 g/mol. The fourth-order valence-electron chi connectivity index (χ4n) is 1.90. The van der Waals surface area contributed by atoms with Gasteiger partial charge >= 0.3 is 0 Å². The number of nitrogens with two attached hydrogens (primary N) is 1. The molecule has 1 atom stereocenters. The molecule has 0 spiro atoms. The van der Waals surface area contributed by atoms with Crippen molar-refractivity contribution in [3.63, 3.8) is 0 Å². The van der Waals surface area contributed by atoms with E-state index in [2.05, 4.69) is 0 Å². The first-order chi connectivity index (χ1) is 9.93. The van der Waals surface area contributed by atoms with E-state index in [0.29, 0.717) is 23.7 Å². The van der Waals surface area contributed by atoms with E-state index < -0.39 is 0 Å². The van der Waals surface area contributed by atoms with Crippen LogP contribution < -0.4 is 10.5 Å². The molecular formula is C16H24N2O2S. The molecule has 0 aliphatic carbocycles. The third kappa shape index (κ3) is 6.12. The lowest BCUT2D eigenvalue weighted by atomic mass is 10.2. The maximum Gasteiger partial charge on any atom is 0.260 e. The summed E-state index contributed by atoms with van der Waals surface area (Å²) in [6.45, 7) is 6.65. The van der Waals surface area contributed by atoms with E-state index in [0.717, 1.165) is 12.0 Å². The van der Waals surface area contributed by atoms with Gasteiger partial charge in [-0.05, 0) is 32.4 Å². The van der Waals surface area contributed by atoms with Gasteiger partial charge in [0.2, 0.25) is 0 Å². The van der Waals surface area contributed by atoms with Gasteiger partial charge in [-0.15, -0.1) is 0 Å². The standard InChI is InChI=1S/C16H24N2O2S/c1-4-13(3)18(10-9-15(17)21)16(19)11-20-14-7-5-12(2)6-8-14/h5-8,13H,4,9-11H2,1-3H3,(H2,17,21). The first kappa shape index (κ1) is 17.4. The van der Waals surface area contributed by atoms with E-state index in [1.54, 1.807) is 4.90 Å². The zero-order valence-electron chi connectivity index (χ0n) is 13.0. The maximum atomic E-state index is 12.3. The van der Waals surface area contributed by atoms with Gasteiger partial charge in [0.15, 0.2) is 6.61 Å². The summed E-state index contributed by atoms with van der Waals surface area (Å²) in [5.41, 5.74) is 6.68. The number of aryl methyl sites for hydroxylation is 1. The molecule has 0 saturated carbocycles. The third-order valence-corrected chi connectivity index (χ3v) is 3.63. The molecule has 2 N–H and O–H groups in total. The van der Waals surface area contributed by atoms with Gasteiger partial charge in [-0.2, -0.15) is 0 Å². The largest absolute Gasteiger partial charge is 0.484 e. The molecule has 1 rings (SSSR count). The summed E-state index contributed by atoms with van der Waals surface area (Å²) in [6.07, 6.45) is 1.42. The second-order valence-corrected chi connectivity index (χ2v) is 5.69. The van der Waals surface area contributed by atoms with Crippen LogP contribution in [0.2, 0.25) is 0 Å². The summed E-state index contributed by atoms with van der Waals surface area (Å²) in [4.78, 5) is 14.5. The van der Waals surface area contributed by atoms with E-state index in [9.17, 15) is 4.79 Å². The van der Waals surface area contributed by atoms with Gasteiger partial charge in [-0.1, -0.05) is 36.8 Å². The first-order valence-electron chi connectivity index (χ1n) is 7.21. The Bertz CT molecular complexity index is 474. The van der Waals surface area contributed by atoms with Crippen LogP contribution in [0.4, 0.5) is 0 Å². The summed E-state index contributed by atoms with van der Waals surface area (Å²) in [5, 5.41) is 0. The molecule has 0 bridgehead atoms. The number of hydrogen-bond acceptors (Lipinski definition) is 3. The SMILES string of the molecule is CCC(C)N(CCC(N)=S)C(=O)COc1ccc(C)cc1. The Labute approximate surface area is 132 Å². The van der Waals surface area contributed by atoms with E-state index in [4.69, 9.17) is 22.7 Å². The van der Waals surface area contributed by atoms with E-state index >= 15 is 0 Å². The molecule has 116 valence electrons. The normalized spacial score (nSPS) is 11.8. The number of thiocarbonyl (C=S) groups is 1. The first-order valence-corrected chi connectivity index (χ1v) is 7.62. The average Bonchev–Trinajstić information content (AvgIpc) is 2.46. The molecule has 1 aromatic carbocycles. The molecule has 0 saturated heterocycles. The molecule has 0 aliphatic rings. The van der Waals surface area contributed by atoms with Gasteiger partial charge in [0.1, 0.15) is 5.75 Å². The van der Waals surface area contributed by atoms with Crippen LogP contribution in [0.25, 0.3) is 0 Å². The minimum atomic E-state index is -0.0406. The van der Waals surface area contributed by atoms with Gasteiger partial charge < -0.3 is 15.4 Å². The summed E-state index contributed by atoms with van der Waals surface area (Å²) in [6, 6.07) is 7.79. The highest BCUT2D eigenvalue weighted by molar-refractivity contribution is 7.80. The Kier molecular flexibility index (Phi) is 7.15. The van der Waals surface area contributed by atoms with E-state index in [1.165, 1.54) is 0 Å². The van der Waals surface area contributed by atoms with Crippen molar-refractivity contribution in [2.24, 2.45) is 5.73 Å². The molecule has 0 aliphatic heterocycles. The highest BCUT2D eigenvalue weighted by atomic mass is 32.1. The molecule has 4 nitrogen and oxygen atoms in total. The van der Waals surface area contributed by atoms with Crippen molar-refractivity contribution in [1.82, 2.24) is 4.90 Å². The predicted molar refractivity (Wildman–Crippen MR) is 89.5 cm³/mol. The average molecular weight is 308 g/mol. The number of amides is 1. The summed E-state index contributed by atoms with van der Waals surface area (Å²) in [7, 11) is 0. The molecule has 5 heteroatoms. The third-order valence-electron chi connectivity index (χ3n) is 3.43. The minimum Gasteiger partial charge on any atom is -0.484 e. The van der Waals surface area contributed by atoms with Crippen molar-refractivity contribution in [2.45, 2.75) is 39.7 Å². The van der Waals surface area contributed by atoms with E-state index in [-0.39, 0.29) is 18.6 Å². The maximum absolute atomic E-state index is 12.3. The highest BCUT2D eigenvalue weighted by Crippen LogP contribution is 2.12. The van der Waals surface area contributed by atoms with Crippen LogP contribution in [-0.4, -0.2) is 35.0 Å². The summed E-state index contributed by atoms with van der Waals surface area (Å²) < 4.78 is 5.55. The number of carbonyl (C=O) groups excluding carboxylic acids is 1. The van der Waals surface area contributed by atoms with E-state index in [1.807, 2.05) is 45.0 Å². The van der Waals surface area contributed by atoms with Crippen LogP contribution in [0.1, 0.15) is 32.3 Å². The Balaban J connectivity index is 2.58. The quantitative estimate of drug-likeness (QED) is 0.750. The number of rotatable bonds is 8. The van der Waals surface area contributed by atoms with Gasteiger partial charge in [-0.3, -0.25) is 4.79 Å². The van der Waals surface area contributed by atoms with Crippen molar-refractivity contribution >= 4 is 23.1 Å².